The van der Waals surface area contributed by atoms with Crippen LogP contribution in [-0.4, -0.2) is 33.3 Å². The van der Waals surface area contributed by atoms with Crippen molar-refractivity contribution in [3.05, 3.63) is 51.5 Å². The summed E-state index contributed by atoms with van der Waals surface area (Å²) in [6.07, 6.45) is 0.697. The molecule has 0 aliphatic rings. The molecule has 2 aromatic rings. The first kappa shape index (κ1) is 20.1. The molecule has 1 N–H and O–H groups in total. The van der Waals surface area contributed by atoms with Gasteiger partial charge in [-0.1, -0.05) is 22.0 Å². The Bertz CT molecular complexity index is 777. The molecule has 0 aliphatic carbocycles. The SMILES string of the molecule is COc1ccc(CCNC(=O)COc2cc(C)c(Br)cc2C)cc1OC. The molecule has 0 bridgehead atoms. The fourth-order valence-electron chi connectivity index (χ4n) is 2.49. The van der Waals surface area contributed by atoms with Gasteiger partial charge in [-0.05, 0) is 61.2 Å². The molecule has 0 radical (unpaired) electrons. The second-order valence-corrected chi connectivity index (χ2v) is 6.80. The van der Waals surface area contributed by atoms with Crippen LogP contribution in [0.15, 0.2) is 34.8 Å². The first-order valence-electron chi connectivity index (χ1n) is 8.31. The van der Waals surface area contributed by atoms with Crippen LogP contribution >= 0.6 is 15.9 Å². The molecule has 1 amide bonds. The maximum absolute atomic E-state index is 12.0. The molecular formula is C20H24BrNO4. The minimum atomic E-state index is -0.148. The molecule has 6 heteroatoms. The Kier molecular flexibility index (Phi) is 7.33. The highest BCUT2D eigenvalue weighted by molar-refractivity contribution is 9.10. The summed E-state index contributed by atoms with van der Waals surface area (Å²) in [5.74, 6) is 1.95. The Hall–Kier alpha value is -2.21. The lowest BCUT2D eigenvalue weighted by molar-refractivity contribution is -0.123. The van der Waals surface area contributed by atoms with Crippen molar-refractivity contribution in [3.63, 3.8) is 0 Å². The minimum absolute atomic E-state index is 0.00611. The van der Waals surface area contributed by atoms with Gasteiger partial charge in [-0.25, -0.2) is 0 Å². The second-order valence-electron chi connectivity index (χ2n) is 5.94. The van der Waals surface area contributed by atoms with E-state index in [1.54, 1.807) is 14.2 Å². The number of aryl methyl sites for hydroxylation is 2. The summed E-state index contributed by atoms with van der Waals surface area (Å²) in [5.41, 5.74) is 3.11. The number of ether oxygens (including phenoxy) is 3. The van der Waals surface area contributed by atoms with Crippen LogP contribution in [0.1, 0.15) is 16.7 Å². The van der Waals surface area contributed by atoms with E-state index in [-0.39, 0.29) is 12.5 Å². The number of carbonyl (C=O) groups is 1. The zero-order chi connectivity index (χ0) is 19.1. The minimum Gasteiger partial charge on any atom is -0.493 e. The summed E-state index contributed by atoms with van der Waals surface area (Å²) in [4.78, 5) is 12.0. The molecule has 0 aliphatic heterocycles. The van der Waals surface area contributed by atoms with Crippen molar-refractivity contribution >= 4 is 21.8 Å². The van der Waals surface area contributed by atoms with Crippen LogP contribution in [0.5, 0.6) is 17.2 Å². The normalized spacial score (nSPS) is 10.3. The zero-order valence-electron chi connectivity index (χ0n) is 15.5. The van der Waals surface area contributed by atoms with Crippen molar-refractivity contribution in [1.82, 2.24) is 5.32 Å². The lowest BCUT2D eigenvalue weighted by atomic mass is 10.1. The fraction of sp³-hybridized carbons (Fsp3) is 0.350. The molecule has 0 saturated carbocycles. The Morgan fingerprint density at radius 2 is 1.73 bits per heavy atom. The number of rotatable bonds is 8. The third kappa shape index (κ3) is 5.39. The summed E-state index contributed by atoms with van der Waals surface area (Å²) >= 11 is 3.48. The predicted octanol–water partition coefficient (Wildman–Crippen LogP) is 3.82. The molecule has 140 valence electrons. The van der Waals surface area contributed by atoms with E-state index in [4.69, 9.17) is 14.2 Å². The molecule has 0 unspecified atom stereocenters. The van der Waals surface area contributed by atoms with Crippen molar-refractivity contribution < 1.29 is 19.0 Å². The van der Waals surface area contributed by atoms with Crippen molar-refractivity contribution in [2.24, 2.45) is 0 Å². The van der Waals surface area contributed by atoms with Gasteiger partial charge >= 0.3 is 0 Å². The van der Waals surface area contributed by atoms with E-state index in [0.717, 1.165) is 26.9 Å². The molecule has 0 fully saturated rings. The fourth-order valence-corrected chi connectivity index (χ4v) is 2.94. The Labute approximate surface area is 162 Å². The van der Waals surface area contributed by atoms with Crippen LogP contribution in [0.3, 0.4) is 0 Å². The van der Waals surface area contributed by atoms with Gasteiger partial charge in [0.2, 0.25) is 0 Å². The monoisotopic (exact) mass is 421 g/mol. The summed E-state index contributed by atoms with van der Waals surface area (Å²) < 4.78 is 17.2. The van der Waals surface area contributed by atoms with Crippen LogP contribution in [0.25, 0.3) is 0 Å². The largest absolute Gasteiger partial charge is 0.493 e. The van der Waals surface area contributed by atoms with E-state index < -0.39 is 0 Å². The van der Waals surface area contributed by atoms with Crippen molar-refractivity contribution in [1.29, 1.82) is 0 Å². The molecule has 0 heterocycles. The smallest absolute Gasteiger partial charge is 0.257 e. The highest BCUT2D eigenvalue weighted by Crippen LogP contribution is 2.28. The Morgan fingerprint density at radius 3 is 2.42 bits per heavy atom. The van der Waals surface area contributed by atoms with E-state index in [9.17, 15) is 4.79 Å². The van der Waals surface area contributed by atoms with Crippen molar-refractivity contribution in [2.45, 2.75) is 20.3 Å². The van der Waals surface area contributed by atoms with Crippen LogP contribution in [0.4, 0.5) is 0 Å². The molecular weight excluding hydrogens is 398 g/mol. The summed E-state index contributed by atoms with van der Waals surface area (Å²) in [7, 11) is 3.21. The summed E-state index contributed by atoms with van der Waals surface area (Å²) in [5, 5.41) is 2.87. The third-order valence-corrected chi connectivity index (χ3v) is 4.85. The van der Waals surface area contributed by atoms with E-state index in [1.165, 1.54) is 0 Å². The zero-order valence-corrected chi connectivity index (χ0v) is 17.1. The van der Waals surface area contributed by atoms with Gasteiger partial charge in [-0.2, -0.15) is 0 Å². The molecule has 0 spiro atoms. The van der Waals surface area contributed by atoms with Gasteiger partial charge in [0.1, 0.15) is 5.75 Å². The van der Waals surface area contributed by atoms with Crippen LogP contribution < -0.4 is 19.5 Å². The van der Waals surface area contributed by atoms with Gasteiger partial charge in [0.05, 0.1) is 14.2 Å². The molecule has 26 heavy (non-hydrogen) atoms. The van der Waals surface area contributed by atoms with Crippen LogP contribution in [-0.2, 0) is 11.2 Å². The van der Waals surface area contributed by atoms with E-state index in [2.05, 4.69) is 21.2 Å². The van der Waals surface area contributed by atoms with Gasteiger partial charge < -0.3 is 19.5 Å². The highest BCUT2D eigenvalue weighted by Gasteiger charge is 2.08. The lowest BCUT2D eigenvalue weighted by Gasteiger charge is -2.12. The molecule has 5 nitrogen and oxygen atoms in total. The molecule has 2 rings (SSSR count). The van der Waals surface area contributed by atoms with Crippen molar-refractivity contribution in [2.75, 3.05) is 27.4 Å². The second kappa shape index (κ2) is 9.48. The molecule has 0 saturated heterocycles. The predicted molar refractivity (Wildman–Crippen MR) is 105 cm³/mol. The number of carbonyl (C=O) groups excluding carboxylic acids is 1. The van der Waals surface area contributed by atoms with Gasteiger partial charge in [-0.15, -0.1) is 0 Å². The first-order valence-corrected chi connectivity index (χ1v) is 9.11. The topological polar surface area (TPSA) is 56.8 Å². The first-order chi connectivity index (χ1) is 12.4. The van der Waals surface area contributed by atoms with Gasteiger partial charge in [-0.3, -0.25) is 4.79 Å². The lowest BCUT2D eigenvalue weighted by Crippen LogP contribution is -2.30. The summed E-state index contributed by atoms with van der Waals surface area (Å²) in [6.45, 7) is 4.46. The number of hydrogen-bond donors (Lipinski definition) is 1. The van der Waals surface area contributed by atoms with E-state index in [0.29, 0.717) is 24.5 Å². The quantitative estimate of drug-likeness (QED) is 0.703. The molecule has 2 aromatic carbocycles. The number of methoxy groups -OCH3 is 2. The average molecular weight is 422 g/mol. The molecule has 0 aromatic heterocycles. The number of nitrogens with one attached hydrogen (secondary N) is 1. The number of amides is 1. The van der Waals surface area contributed by atoms with Crippen molar-refractivity contribution in [3.8, 4) is 17.2 Å². The number of hydrogen-bond acceptors (Lipinski definition) is 4. The average Bonchev–Trinajstić information content (AvgIpc) is 2.63. The van der Waals surface area contributed by atoms with E-state index >= 15 is 0 Å². The highest BCUT2D eigenvalue weighted by atomic mass is 79.9. The maximum atomic E-state index is 12.0. The summed E-state index contributed by atoms with van der Waals surface area (Å²) in [6, 6.07) is 9.64. The third-order valence-electron chi connectivity index (χ3n) is 4.00. The Balaban J connectivity index is 1.81. The van der Waals surface area contributed by atoms with E-state index in [1.807, 2.05) is 44.2 Å². The standard InChI is InChI=1S/C20H24BrNO4/c1-13-10-18(14(2)9-16(13)21)26-12-20(23)22-8-7-15-5-6-17(24-3)19(11-15)25-4/h5-6,9-11H,7-8,12H2,1-4H3,(H,22,23). The Morgan fingerprint density at radius 1 is 1.00 bits per heavy atom. The molecule has 0 atom stereocenters. The number of benzene rings is 2. The van der Waals surface area contributed by atoms with Crippen LogP contribution in [0.2, 0.25) is 0 Å². The maximum Gasteiger partial charge on any atom is 0.257 e. The van der Waals surface area contributed by atoms with Gasteiger partial charge in [0.15, 0.2) is 18.1 Å². The van der Waals surface area contributed by atoms with Crippen LogP contribution in [0, 0.1) is 13.8 Å². The van der Waals surface area contributed by atoms with Gasteiger partial charge in [0.25, 0.3) is 5.91 Å². The number of halogens is 1. The van der Waals surface area contributed by atoms with Gasteiger partial charge in [0, 0.05) is 11.0 Å².